The average Bonchev–Trinajstić information content (AvgIpc) is 3.42. The standard InChI is InChI=1S/C17H19N3O4S/c18-25(22,23)15-5-3-12(4-6-15)10-20-17(21)14-7-8-19-16(9-14)24-11-13-1-2-13/h3-9,13H,1-2,10-11H2,(H,20,21)(H2,18,22,23). The van der Waals surface area contributed by atoms with Crippen molar-refractivity contribution in [2.24, 2.45) is 11.1 Å². The van der Waals surface area contributed by atoms with Gasteiger partial charge in [-0.05, 0) is 42.5 Å². The number of nitrogens with two attached hydrogens (primary N) is 1. The lowest BCUT2D eigenvalue weighted by Gasteiger charge is -2.08. The number of amides is 1. The third-order valence-corrected chi connectivity index (χ3v) is 4.80. The van der Waals surface area contributed by atoms with Crippen LogP contribution in [0, 0.1) is 5.92 Å². The summed E-state index contributed by atoms with van der Waals surface area (Å²) in [6, 6.07) is 9.26. The van der Waals surface area contributed by atoms with Crippen molar-refractivity contribution < 1.29 is 17.9 Å². The van der Waals surface area contributed by atoms with Crippen LogP contribution in [-0.2, 0) is 16.6 Å². The second-order valence-corrected chi connectivity index (χ2v) is 7.57. The zero-order chi connectivity index (χ0) is 17.9. The Morgan fingerprint density at radius 1 is 1.24 bits per heavy atom. The predicted octanol–water partition coefficient (Wildman–Crippen LogP) is 1.45. The topological polar surface area (TPSA) is 111 Å². The summed E-state index contributed by atoms with van der Waals surface area (Å²) in [5.41, 5.74) is 1.22. The Labute approximate surface area is 146 Å². The molecule has 2 aromatic rings. The molecule has 132 valence electrons. The number of carbonyl (C=O) groups is 1. The number of hydrogen-bond donors (Lipinski definition) is 2. The molecular weight excluding hydrogens is 342 g/mol. The Bertz CT molecular complexity index is 862. The number of rotatable bonds is 7. The van der Waals surface area contributed by atoms with Crippen molar-refractivity contribution in [3.63, 3.8) is 0 Å². The largest absolute Gasteiger partial charge is 0.477 e. The lowest BCUT2D eigenvalue weighted by molar-refractivity contribution is 0.0950. The molecule has 1 aromatic carbocycles. The van der Waals surface area contributed by atoms with E-state index in [1.54, 1.807) is 24.3 Å². The first-order chi connectivity index (χ1) is 11.9. The van der Waals surface area contributed by atoms with Crippen molar-refractivity contribution in [2.75, 3.05) is 6.61 Å². The van der Waals surface area contributed by atoms with Crippen molar-refractivity contribution in [2.45, 2.75) is 24.3 Å². The molecule has 1 aliphatic rings. The normalized spacial score (nSPS) is 14.1. The minimum Gasteiger partial charge on any atom is -0.477 e. The second-order valence-electron chi connectivity index (χ2n) is 6.01. The molecule has 8 heteroatoms. The third-order valence-electron chi connectivity index (χ3n) is 3.87. The average molecular weight is 361 g/mol. The summed E-state index contributed by atoms with van der Waals surface area (Å²) in [7, 11) is -3.71. The molecule has 1 saturated carbocycles. The van der Waals surface area contributed by atoms with Gasteiger partial charge in [-0.25, -0.2) is 18.5 Å². The maximum Gasteiger partial charge on any atom is 0.251 e. The summed E-state index contributed by atoms with van der Waals surface area (Å²) in [5.74, 6) is 0.797. The molecule has 0 aliphatic heterocycles. The number of sulfonamides is 1. The van der Waals surface area contributed by atoms with Crippen LogP contribution >= 0.6 is 0 Å². The summed E-state index contributed by atoms with van der Waals surface area (Å²) < 4.78 is 28.0. The molecule has 1 heterocycles. The smallest absolute Gasteiger partial charge is 0.251 e. The molecule has 0 saturated heterocycles. The lowest BCUT2D eigenvalue weighted by atomic mass is 10.2. The van der Waals surface area contributed by atoms with Crippen LogP contribution < -0.4 is 15.2 Å². The first-order valence-electron chi connectivity index (χ1n) is 7.90. The van der Waals surface area contributed by atoms with E-state index >= 15 is 0 Å². The van der Waals surface area contributed by atoms with E-state index in [2.05, 4.69) is 10.3 Å². The van der Waals surface area contributed by atoms with Crippen LogP contribution in [0.15, 0.2) is 47.5 Å². The van der Waals surface area contributed by atoms with Crippen LogP contribution in [0.4, 0.5) is 0 Å². The van der Waals surface area contributed by atoms with Crippen molar-refractivity contribution in [3.8, 4) is 5.88 Å². The number of ether oxygens (including phenoxy) is 1. The third kappa shape index (κ3) is 5.01. The fourth-order valence-corrected chi connectivity index (χ4v) is 2.71. The van der Waals surface area contributed by atoms with Crippen molar-refractivity contribution in [1.82, 2.24) is 10.3 Å². The van der Waals surface area contributed by atoms with Crippen LogP contribution in [0.5, 0.6) is 5.88 Å². The van der Waals surface area contributed by atoms with Gasteiger partial charge < -0.3 is 10.1 Å². The minimum atomic E-state index is -3.71. The minimum absolute atomic E-state index is 0.0363. The van der Waals surface area contributed by atoms with E-state index in [4.69, 9.17) is 9.88 Å². The predicted molar refractivity (Wildman–Crippen MR) is 91.4 cm³/mol. The van der Waals surface area contributed by atoms with Crippen molar-refractivity contribution in [3.05, 3.63) is 53.7 Å². The van der Waals surface area contributed by atoms with Gasteiger partial charge in [0.1, 0.15) is 0 Å². The number of carbonyl (C=O) groups excluding carboxylic acids is 1. The van der Waals surface area contributed by atoms with Crippen molar-refractivity contribution >= 4 is 15.9 Å². The molecule has 1 aromatic heterocycles. The van der Waals surface area contributed by atoms with Gasteiger partial charge in [0.05, 0.1) is 11.5 Å². The fourth-order valence-electron chi connectivity index (χ4n) is 2.20. The number of nitrogens with zero attached hydrogens (tertiary/aromatic N) is 1. The van der Waals surface area contributed by atoms with Gasteiger partial charge >= 0.3 is 0 Å². The zero-order valence-corrected chi connectivity index (χ0v) is 14.3. The highest BCUT2D eigenvalue weighted by Crippen LogP contribution is 2.29. The molecule has 0 spiro atoms. The number of aromatic nitrogens is 1. The summed E-state index contributed by atoms with van der Waals surface area (Å²) >= 11 is 0. The first-order valence-corrected chi connectivity index (χ1v) is 9.45. The van der Waals surface area contributed by atoms with E-state index in [9.17, 15) is 13.2 Å². The molecule has 25 heavy (non-hydrogen) atoms. The summed E-state index contributed by atoms with van der Waals surface area (Å²) in [6.07, 6.45) is 3.91. The van der Waals surface area contributed by atoms with Crippen molar-refractivity contribution in [1.29, 1.82) is 0 Å². The highest BCUT2D eigenvalue weighted by molar-refractivity contribution is 7.89. The molecule has 0 radical (unpaired) electrons. The van der Waals surface area contributed by atoms with Gasteiger partial charge in [-0.15, -0.1) is 0 Å². The Kier molecular flexibility index (Phi) is 5.00. The van der Waals surface area contributed by atoms with Gasteiger partial charge in [0.15, 0.2) is 0 Å². The van der Waals surface area contributed by atoms with Gasteiger partial charge in [0.25, 0.3) is 5.91 Å². The summed E-state index contributed by atoms with van der Waals surface area (Å²) in [6.45, 7) is 0.902. The number of hydrogen-bond acceptors (Lipinski definition) is 5. The van der Waals surface area contributed by atoms with Crippen LogP contribution in [0.1, 0.15) is 28.8 Å². The summed E-state index contributed by atoms with van der Waals surface area (Å²) in [4.78, 5) is 16.4. The number of pyridine rings is 1. The molecule has 0 atom stereocenters. The van der Waals surface area contributed by atoms with E-state index in [1.807, 2.05) is 0 Å². The zero-order valence-electron chi connectivity index (χ0n) is 13.5. The van der Waals surface area contributed by atoms with Gasteiger partial charge in [0, 0.05) is 24.4 Å². The molecule has 1 amide bonds. The van der Waals surface area contributed by atoms with E-state index in [0.29, 0.717) is 24.0 Å². The first kappa shape index (κ1) is 17.4. The Morgan fingerprint density at radius 2 is 1.96 bits per heavy atom. The Hall–Kier alpha value is -2.45. The van der Waals surface area contributed by atoms with E-state index in [0.717, 1.165) is 5.56 Å². The quantitative estimate of drug-likeness (QED) is 0.775. The van der Waals surface area contributed by atoms with Gasteiger partial charge in [-0.3, -0.25) is 4.79 Å². The molecule has 1 fully saturated rings. The molecule has 0 unspecified atom stereocenters. The highest BCUT2D eigenvalue weighted by Gasteiger charge is 2.22. The molecular formula is C17H19N3O4S. The Morgan fingerprint density at radius 3 is 2.60 bits per heavy atom. The van der Waals surface area contributed by atoms with Crippen LogP contribution in [0.25, 0.3) is 0 Å². The van der Waals surface area contributed by atoms with Gasteiger partial charge in [-0.2, -0.15) is 0 Å². The molecule has 1 aliphatic carbocycles. The molecule has 0 bridgehead atoms. The molecule has 3 rings (SSSR count). The molecule has 3 N–H and O–H groups in total. The SMILES string of the molecule is NS(=O)(=O)c1ccc(CNC(=O)c2ccnc(OCC3CC3)c2)cc1. The molecule has 7 nitrogen and oxygen atoms in total. The number of nitrogens with one attached hydrogen (secondary N) is 1. The maximum atomic E-state index is 12.2. The Balaban J connectivity index is 1.57. The maximum absolute atomic E-state index is 12.2. The van der Waals surface area contributed by atoms with Crippen LogP contribution in [0.3, 0.4) is 0 Å². The second kappa shape index (κ2) is 7.20. The lowest BCUT2D eigenvalue weighted by Crippen LogP contribution is -2.23. The van der Waals surface area contributed by atoms with Crippen LogP contribution in [0.2, 0.25) is 0 Å². The van der Waals surface area contributed by atoms with Crippen LogP contribution in [-0.4, -0.2) is 25.9 Å². The van der Waals surface area contributed by atoms with Gasteiger partial charge in [-0.1, -0.05) is 12.1 Å². The van der Waals surface area contributed by atoms with E-state index in [1.165, 1.54) is 31.2 Å². The fraction of sp³-hybridized carbons (Fsp3) is 0.294. The highest BCUT2D eigenvalue weighted by atomic mass is 32.2. The monoisotopic (exact) mass is 361 g/mol. The van der Waals surface area contributed by atoms with E-state index < -0.39 is 10.0 Å². The summed E-state index contributed by atoms with van der Waals surface area (Å²) in [5, 5.41) is 7.83. The van der Waals surface area contributed by atoms with Gasteiger partial charge in [0.2, 0.25) is 15.9 Å². The number of primary sulfonamides is 1. The number of benzene rings is 1. The van der Waals surface area contributed by atoms with E-state index in [-0.39, 0.29) is 17.3 Å².